The van der Waals surface area contributed by atoms with E-state index in [0.717, 1.165) is 11.1 Å². The number of hydrogen-bond donors (Lipinski definition) is 1. The monoisotopic (exact) mass is 339 g/mol. The highest BCUT2D eigenvalue weighted by molar-refractivity contribution is 5.94. The van der Waals surface area contributed by atoms with E-state index in [1.165, 1.54) is 5.56 Å². The van der Waals surface area contributed by atoms with E-state index in [4.69, 9.17) is 0 Å². The van der Waals surface area contributed by atoms with Gasteiger partial charge in [-0.25, -0.2) is 0 Å². The lowest BCUT2D eigenvalue weighted by Gasteiger charge is -2.35. The Labute approximate surface area is 148 Å². The van der Waals surface area contributed by atoms with Crippen LogP contribution in [0.25, 0.3) is 0 Å². The second-order valence-corrected chi connectivity index (χ2v) is 6.85. The van der Waals surface area contributed by atoms with Crippen LogP contribution in [0.3, 0.4) is 0 Å². The molecular weight excluding hydrogens is 314 g/mol. The molecule has 1 aliphatic rings. The van der Waals surface area contributed by atoms with Crippen molar-refractivity contribution < 1.29 is 9.59 Å². The van der Waals surface area contributed by atoms with Gasteiger partial charge < -0.3 is 14.8 Å². The Morgan fingerprint density at radius 2 is 1.64 bits per heavy atom. The van der Waals surface area contributed by atoms with E-state index < -0.39 is 0 Å². The molecule has 2 heterocycles. The molecule has 1 saturated heterocycles. The van der Waals surface area contributed by atoms with E-state index in [9.17, 15) is 9.59 Å². The van der Waals surface area contributed by atoms with Gasteiger partial charge in [0.15, 0.2) is 0 Å². The van der Waals surface area contributed by atoms with E-state index >= 15 is 0 Å². The van der Waals surface area contributed by atoms with Crippen LogP contribution >= 0.6 is 0 Å². The topological polar surface area (TPSA) is 56.4 Å². The highest BCUT2D eigenvalue weighted by atomic mass is 16.2. The predicted molar refractivity (Wildman–Crippen MR) is 97.5 cm³/mol. The first kappa shape index (κ1) is 17.3. The van der Waals surface area contributed by atoms with E-state index in [2.05, 4.69) is 18.8 Å². The van der Waals surface area contributed by atoms with Gasteiger partial charge in [-0.15, -0.1) is 0 Å². The molecule has 1 aromatic carbocycles. The van der Waals surface area contributed by atoms with E-state index in [0.29, 0.717) is 38.5 Å². The van der Waals surface area contributed by atoms with Crippen molar-refractivity contribution >= 4 is 11.8 Å². The molecule has 0 aliphatic carbocycles. The van der Waals surface area contributed by atoms with Gasteiger partial charge in [0.2, 0.25) is 5.91 Å². The minimum atomic E-state index is 0.0491. The van der Waals surface area contributed by atoms with Gasteiger partial charge in [0.25, 0.3) is 5.91 Å². The van der Waals surface area contributed by atoms with Crippen LogP contribution in [-0.2, 0) is 11.2 Å². The largest absolute Gasteiger partial charge is 0.367 e. The van der Waals surface area contributed by atoms with E-state index in [1.54, 1.807) is 0 Å². The maximum Gasteiger partial charge on any atom is 0.253 e. The zero-order chi connectivity index (χ0) is 17.8. The third kappa shape index (κ3) is 4.10. The molecule has 1 fully saturated rings. The normalized spacial score (nSPS) is 14.8. The van der Waals surface area contributed by atoms with Crippen molar-refractivity contribution in [3.63, 3.8) is 0 Å². The van der Waals surface area contributed by atoms with Gasteiger partial charge in [0.1, 0.15) is 0 Å². The fourth-order valence-electron chi connectivity index (χ4n) is 3.11. The van der Waals surface area contributed by atoms with Crippen molar-refractivity contribution in [2.24, 2.45) is 0 Å². The van der Waals surface area contributed by atoms with Crippen LogP contribution in [0.15, 0.2) is 42.7 Å². The van der Waals surface area contributed by atoms with Crippen LogP contribution in [0.1, 0.15) is 41.3 Å². The number of benzene rings is 1. The Bertz CT molecular complexity index is 712. The number of nitrogens with one attached hydrogen (secondary N) is 1. The Morgan fingerprint density at radius 1 is 1.00 bits per heavy atom. The number of nitrogens with zero attached hydrogens (tertiary/aromatic N) is 2. The van der Waals surface area contributed by atoms with Crippen molar-refractivity contribution in [2.75, 3.05) is 26.2 Å². The molecule has 2 amide bonds. The second-order valence-electron chi connectivity index (χ2n) is 6.85. The maximum absolute atomic E-state index is 12.6. The summed E-state index contributed by atoms with van der Waals surface area (Å²) in [5, 5.41) is 0. The molecule has 5 heteroatoms. The Morgan fingerprint density at radius 3 is 2.20 bits per heavy atom. The summed E-state index contributed by atoms with van der Waals surface area (Å²) in [5.41, 5.74) is 2.95. The molecule has 0 saturated carbocycles. The van der Waals surface area contributed by atoms with Gasteiger partial charge in [-0.1, -0.05) is 26.0 Å². The van der Waals surface area contributed by atoms with Crippen LogP contribution in [0, 0.1) is 0 Å². The van der Waals surface area contributed by atoms with Crippen molar-refractivity contribution in [1.29, 1.82) is 0 Å². The highest BCUT2D eigenvalue weighted by Crippen LogP contribution is 2.16. The van der Waals surface area contributed by atoms with Crippen LogP contribution in [0.2, 0.25) is 0 Å². The van der Waals surface area contributed by atoms with Gasteiger partial charge >= 0.3 is 0 Å². The molecule has 1 N–H and O–H groups in total. The summed E-state index contributed by atoms with van der Waals surface area (Å²) in [6.07, 6.45) is 4.08. The number of hydrogen-bond acceptors (Lipinski definition) is 2. The standard InChI is InChI=1S/C20H25N3O2/c1-15(2)17-3-5-18(6-4-17)20(25)23-11-9-22(10-12-23)19(24)13-16-7-8-21-14-16/h3-8,14-15,21H,9-13H2,1-2H3. The SMILES string of the molecule is CC(C)c1ccc(C(=O)N2CCN(C(=O)Cc3cc[nH]c3)CC2)cc1. The van der Waals surface area contributed by atoms with Crippen LogP contribution in [-0.4, -0.2) is 52.8 Å². The summed E-state index contributed by atoms with van der Waals surface area (Å²) in [6.45, 7) is 6.65. The highest BCUT2D eigenvalue weighted by Gasteiger charge is 2.24. The Kier molecular flexibility index (Phi) is 5.22. The van der Waals surface area contributed by atoms with Crippen molar-refractivity contribution in [1.82, 2.24) is 14.8 Å². The van der Waals surface area contributed by atoms with Gasteiger partial charge in [-0.3, -0.25) is 9.59 Å². The van der Waals surface area contributed by atoms with Crippen LogP contribution in [0.4, 0.5) is 0 Å². The minimum Gasteiger partial charge on any atom is -0.367 e. The average molecular weight is 339 g/mol. The van der Waals surface area contributed by atoms with Gasteiger partial charge in [0.05, 0.1) is 6.42 Å². The van der Waals surface area contributed by atoms with Crippen molar-refractivity contribution in [2.45, 2.75) is 26.2 Å². The fraction of sp³-hybridized carbons (Fsp3) is 0.400. The third-order valence-electron chi connectivity index (χ3n) is 4.76. The van der Waals surface area contributed by atoms with Gasteiger partial charge in [-0.2, -0.15) is 0 Å². The number of aromatic nitrogens is 1. The number of carbonyl (C=O) groups is 2. The minimum absolute atomic E-state index is 0.0491. The molecule has 0 radical (unpaired) electrons. The molecule has 0 bridgehead atoms. The molecule has 1 aromatic heterocycles. The summed E-state index contributed by atoms with van der Waals surface area (Å²) in [6, 6.07) is 9.77. The predicted octanol–water partition coefficient (Wildman–Crippen LogP) is 2.67. The summed E-state index contributed by atoms with van der Waals surface area (Å²) in [7, 11) is 0. The molecule has 1 aliphatic heterocycles. The summed E-state index contributed by atoms with van der Waals surface area (Å²) in [5.74, 6) is 0.625. The Hall–Kier alpha value is -2.56. The molecule has 25 heavy (non-hydrogen) atoms. The smallest absolute Gasteiger partial charge is 0.253 e. The molecule has 132 valence electrons. The van der Waals surface area contributed by atoms with E-state index in [-0.39, 0.29) is 11.8 Å². The quantitative estimate of drug-likeness (QED) is 0.931. The lowest BCUT2D eigenvalue weighted by molar-refractivity contribution is -0.131. The zero-order valence-corrected chi connectivity index (χ0v) is 14.9. The number of amides is 2. The number of rotatable bonds is 4. The number of aromatic amines is 1. The van der Waals surface area contributed by atoms with Crippen molar-refractivity contribution in [3.05, 3.63) is 59.4 Å². The summed E-state index contributed by atoms with van der Waals surface area (Å²) in [4.78, 5) is 31.6. The number of H-pyrrole nitrogens is 1. The first-order valence-electron chi connectivity index (χ1n) is 8.83. The zero-order valence-electron chi connectivity index (χ0n) is 14.9. The molecule has 5 nitrogen and oxygen atoms in total. The van der Waals surface area contributed by atoms with Gasteiger partial charge in [-0.05, 0) is 35.2 Å². The molecule has 2 aromatic rings. The molecule has 0 spiro atoms. The van der Waals surface area contributed by atoms with Crippen LogP contribution in [0.5, 0.6) is 0 Å². The number of carbonyl (C=O) groups excluding carboxylic acids is 2. The second kappa shape index (κ2) is 7.55. The molecule has 0 unspecified atom stereocenters. The lowest BCUT2D eigenvalue weighted by atomic mass is 10.0. The molecule has 3 rings (SSSR count). The molecule has 0 atom stereocenters. The first-order valence-corrected chi connectivity index (χ1v) is 8.83. The summed E-state index contributed by atoms with van der Waals surface area (Å²) >= 11 is 0. The van der Waals surface area contributed by atoms with Gasteiger partial charge in [0, 0.05) is 44.1 Å². The summed E-state index contributed by atoms with van der Waals surface area (Å²) < 4.78 is 0. The fourth-order valence-corrected chi connectivity index (χ4v) is 3.11. The van der Waals surface area contributed by atoms with Crippen LogP contribution < -0.4 is 0 Å². The lowest BCUT2D eigenvalue weighted by Crippen LogP contribution is -2.51. The average Bonchev–Trinajstić information content (AvgIpc) is 3.14. The Balaban J connectivity index is 1.54. The van der Waals surface area contributed by atoms with Crippen molar-refractivity contribution in [3.8, 4) is 0 Å². The van der Waals surface area contributed by atoms with E-state index in [1.807, 2.05) is 52.5 Å². The molecular formula is C20H25N3O2. The first-order chi connectivity index (χ1) is 12.0. The maximum atomic E-state index is 12.6. The number of piperazine rings is 1. The third-order valence-corrected chi connectivity index (χ3v) is 4.76.